The van der Waals surface area contributed by atoms with Crippen molar-refractivity contribution in [2.24, 2.45) is 34.0 Å². The van der Waals surface area contributed by atoms with Crippen LogP contribution in [0.3, 0.4) is 0 Å². The number of rotatable bonds is 9. The minimum absolute atomic E-state index is 0.0703. The van der Waals surface area contributed by atoms with E-state index in [9.17, 15) is 9.00 Å². The number of hydrogen-bond acceptors (Lipinski definition) is 5. The van der Waals surface area contributed by atoms with Gasteiger partial charge in [-0.05, 0) is 89.5 Å². The molecule has 9 nitrogen and oxygen atoms in total. The lowest BCUT2D eigenvalue weighted by Crippen LogP contribution is -2.49. The molecule has 0 bridgehead atoms. The van der Waals surface area contributed by atoms with Crippen molar-refractivity contribution in [3.05, 3.63) is 76.3 Å². The van der Waals surface area contributed by atoms with Gasteiger partial charge in [0.05, 0.1) is 12.3 Å². The molecule has 3 atom stereocenters. The molecule has 0 aliphatic heterocycles. The van der Waals surface area contributed by atoms with Gasteiger partial charge in [0.1, 0.15) is 17.4 Å². The van der Waals surface area contributed by atoms with Crippen LogP contribution in [0.25, 0.3) is 21.9 Å². The van der Waals surface area contributed by atoms with E-state index >= 15 is 0 Å². The van der Waals surface area contributed by atoms with Gasteiger partial charge in [-0.3, -0.25) is 14.3 Å². The zero-order valence-corrected chi connectivity index (χ0v) is 35.7. The summed E-state index contributed by atoms with van der Waals surface area (Å²) in [6.07, 6.45) is 4.23. The first-order chi connectivity index (χ1) is 24.9. The van der Waals surface area contributed by atoms with Crippen molar-refractivity contribution in [3.63, 3.8) is 0 Å². The molecule has 10 heteroatoms. The Morgan fingerprint density at radius 2 is 1.57 bits per heavy atom. The van der Waals surface area contributed by atoms with E-state index in [1.54, 1.807) is 10.7 Å². The maximum Gasteiger partial charge on any atom is 0.331 e. The van der Waals surface area contributed by atoms with E-state index in [1.165, 1.54) is 0 Å². The van der Waals surface area contributed by atoms with Crippen molar-refractivity contribution in [3.8, 4) is 17.1 Å². The number of nitrogens with one attached hydrogen (secondary N) is 2. The van der Waals surface area contributed by atoms with Crippen molar-refractivity contribution in [1.29, 1.82) is 0 Å². The molecule has 2 aromatic carbocycles. The Bertz CT molecular complexity index is 2060. The van der Waals surface area contributed by atoms with E-state index < -0.39 is 17.2 Å². The molecule has 2 heterocycles. The highest BCUT2D eigenvalue weighted by Crippen LogP contribution is 2.50. The van der Waals surface area contributed by atoms with Crippen LogP contribution in [-0.2, 0) is 21.4 Å². The number of anilines is 1. The minimum Gasteiger partial charge on any atom is -0.459 e. The van der Waals surface area contributed by atoms with Crippen LogP contribution in [-0.4, -0.2) is 30.9 Å². The van der Waals surface area contributed by atoms with Gasteiger partial charge < -0.3 is 8.92 Å². The fraction of sp³-hybridized carbons (Fsp3) is 0.568. The smallest absolute Gasteiger partial charge is 0.331 e. The predicted molar refractivity (Wildman–Crippen MR) is 220 cm³/mol. The van der Waals surface area contributed by atoms with Crippen LogP contribution in [0, 0.1) is 54.4 Å². The second-order valence-electron chi connectivity index (χ2n) is 19.7. The van der Waals surface area contributed by atoms with Crippen LogP contribution in [0.2, 0.25) is 0 Å². The fourth-order valence-electron chi connectivity index (χ4n) is 8.49. The van der Waals surface area contributed by atoms with Gasteiger partial charge in [0.15, 0.2) is 11.5 Å². The van der Waals surface area contributed by atoms with Crippen LogP contribution >= 0.6 is 0 Å². The molecule has 1 fully saturated rings. The highest BCUT2D eigenvalue weighted by atomic mass is 32.2. The van der Waals surface area contributed by atoms with Gasteiger partial charge in [0.2, 0.25) is 5.69 Å². The molecule has 54 heavy (non-hydrogen) atoms. The number of fused-ring (bicyclic) bond motifs is 1. The lowest BCUT2D eigenvalue weighted by atomic mass is 9.59. The molecule has 1 aliphatic rings. The summed E-state index contributed by atoms with van der Waals surface area (Å²) in [6.45, 7) is 38.5. The average molecular weight is 756 g/mol. The summed E-state index contributed by atoms with van der Waals surface area (Å²) in [5.74, 6) is 1.38. The summed E-state index contributed by atoms with van der Waals surface area (Å²) in [5, 5.41) is 3.24. The van der Waals surface area contributed by atoms with Gasteiger partial charge in [-0.2, -0.15) is 4.21 Å². The number of aromatic amines is 1. The summed E-state index contributed by atoms with van der Waals surface area (Å²) in [7, 11) is 0. The van der Waals surface area contributed by atoms with Crippen molar-refractivity contribution < 1.29 is 17.9 Å². The van der Waals surface area contributed by atoms with E-state index in [0.29, 0.717) is 34.4 Å². The van der Waals surface area contributed by atoms with Gasteiger partial charge >= 0.3 is 17.2 Å². The summed E-state index contributed by atoms with van der Waals surface area (Å²) >= 11 is -1.89. The summed E-state index contributed by atoms with van der Waals surface area (Å²) in [5.41, 5.74) is 4.80. The van der Waals surface area contributed by atoms with Gasteiger partial charge in [-0.25, -0.2) is 14.6 Å². The molecule has 0 radical (unpaired) electrons. The van der Waals surface area contributed by atoms with E-state index in [4.69, 9.17) is 20.5 Å². The van der Waals surface area contributed by atoms with Crippen LogP contribution < -0.4 is 8.91 Å². The van der Waals surface area contributed by atoms with Crippen molar-refractivity contribution >= 4 is 34.3 Å². The summed E-state index contributed by atoms with van der Waals surface area (Å²) in [6, 6.07) is 11.8. The fourth-order valence-corrected chi connectivity index (χ4v) is 9.28. The molecule has 4 aromatic rings. The average Bonchev–Trinajstić information content (AvgIpc) is 3.59. The first-order valence-corrected chi connectivity index (χ1v) is 20.2. The third kappa shape index (κ3) is 9.05. The second-order valence-corrected chi connectivity index (χ2v) is 20.6. The van der Waals surface area contributed by atoms with Gasteiger partial charge in [-0.15, -0.1) is 0 Å². The van der Waals surface area contributed by atoms with Gasteiger partial charge in [0, 0.05) is 23.6 Å². The third-order valence-corrected chi connectivity index (χ3v) is 11.8. The quantitative estimate of drug-likeness (QED) is 0.131. The van der Waals surface area contributed by atoms with E-state index in [1.807, 2.05) is 44.2 Å². The standard InChI is InChI=1S/C44H61N5O4S/c1-26-20-31(42(7,8)9)37(32(21-26)43(10,11)12)52-40(50)36-34(45-15)24-49-39(36)46-38(47-49)29-18-16-27(2)33(22-29)48-54(51)53-35-23-30(19-17-28(35)3)44(13,14)25-41(4,5)6/h16-19,22-24,26,31-32,37,48H,20-21,25H2,1-14H3,(H,46,47). The Hall–Kier alpha value is -4.10. The number of nitrogens with zero attached hydrogens (tertiary/aromatic N) is 3. The number of aromatic nitrogens is 3. The molecular formula is C44H61N5O4S. The Morgan fingerprint density at radius 3 is 2.15 bits per heavy atom. The number of aryl methyl sites for hydroxylation is 2. The molecule has 2 aromatic heterocycles. The maximum atomic E-state index is 14.2. The molecule has 1 aliphatic carbocycles. The Morgan fingerprint density at radius 1 is 0.963 bits per heavy atom. The van der Waals surface area contributed by atoms with Crippen molar-refractivity contribution in [1.82, 2.24) is 14.6 Å². The number of carbonyl (C=O) groups is 1. The number of benzene rings is 2. The topological polar surface area (TPSA) is 102 Å². The minimum atomic E-state index is -1.89. The molecule has 292 valence electrons. The van der Waals surface area contributed by atoms with Gasteiger partial charge in [-0.1, -0.05) is 107 Å². The van der Waals surface area contributed by atoms with Crippen LogP contribution in [0.5, 0.6) is 5.75 Å². The molecular weight excluding hydrogens is 695 g/mol. The number of ether oxygens (including phenoxy) is 1. The zero-order valence-electron chi connectivity index (χ0n) is 34.9. The summed E-state index contributed by atoms with van der Waals surface area (Å²) < 4.78 is 30.6. The Kier molecular flexibility index (Phi) is 11.3. The van der Waals surface area contributed by atoms with Crippen LogP contribution in [0.1, 0.15) is 129 Å². The highest BCUT2D eigenvalue weighted by Gasteiger charge is 2.48. The van der Waals surface area contributed by atoms with E-state index in [2.05, 4.69) is 104 Å². The molecule has 3 unspecified atom stereocenters. The van der Waals surface area contributed by atoms with E-state index in [0.717, 1.165) is 36.0 Å². The molecule has 0 saturated heterocycles. The Balaban J connectivity index is 1.41. The number of esters is 1. The Labute approximate surface area is 325 Å². The first kappa shape index (κ1) is 41.1. The number of H-pyrrole nitrogens is 1. The normalized spacial score (nSPS) is 20.4. The van der Waals surface area contributed by atoms with Gasteiger partial charge in [0.25, 0.3) is 0 Å². The van der Waals surface area contributed by atoms with Crippen molar-refractivity contribution in [2.45, 2.75) is 128 Å². The largest absolute Gasteiger partial charge is 0.459 e. The van der Waals surface area contributed by atoms with E-state index in [-0.39, 0.29) is 50.9 Å². The molecule has 1 saturated carbocycles. The lowest BCUT2D eigenvalue weighted by molar-refractivity contribution is -0.0922. The molecule has 0 spiro atoms. The monoisotopic (exact) mass is 755 g/mol. The zero-order chi connectivity index (χ0) is 40.1. The predicted octanol–water partition coefficient (Wildman–Crippen LogP) is 11.6. The first-order valence-electron chi connectivity index (χ1n) is 19.2. The molecule has 0 amide bonds. The third-order valence-electron chi connectivity index (χ3n) is 11.1. The molecule has 2 N–H and O–H groups in total. The molecule has 5 rings (SSSR count). The number of hydrogen-bond donors (Lipinski definition) is 2. The maximum absolute atomic E-state index is 14.2. The lowest BCUT2D eigenvalue weighted by Gasteiger charge is -2.50. The number of carbonyl (C=O) groups excluding carboxylic acids is 1. The second kappa shape index (κ2) is 14.9. The van der Waals surface area contributed by atoms with Crippen molar-refractivity contribution in [2.75, 3.05) is 4.72 Å². The SMILES string of the molecule is [C-]#[N+]c1cn2[nH]c(-c3ccc(C)c(NS(=O)Oc4cc(C(C)(C)CC(C)(C)C)ccc4C)c3)nc2c1C(=O)OC1C(C(C)(C)C)CC(C)CC1C(C)(C)C. The summed E-state index contributed by atoms with van der Waals surface area (Å²) in [4.78, 5) is 22.7. The highest BCUT2D eigenvalue weighted by molar-refractivity contribution is 7.82. The van der Waals surface area contributed by atoms with Crippen LogP contribution in [0.15, 0.2) is 42.6 Å². The van der Waals surface area contributed by atoms with Crippen LogP contribution in [0.4, 0.5) is 11.4 Å².